The first-order chi connectivity index (χ1) is 10.4. The molecule has 1 saturated heterocycles. The van der Waals surface area contributed by atoms with Crippen molar-refractivity contribution < 1.29 is 9.90 Å². The van der Waals surface area contributed by atoms with Crippen LogP contribution >= 0.6 is 0 Å². The van der Waals surface area contributed by atoms with Crippen LogP contribution in [0.25, 0.3) is 0 Å². The Morgan fingerprint density at radius 2 is 2.09 bits per heavy atom. The van der Waals surface area contributed by atoms with Gasteiger partial charge in [-0.25, -0.2) is 0 Å². The number of carbonyl (C=O) groups excluding carboxylic acids is 1. The third kappa shape index (κ3) is 1.69. The quantitative estimate of drug-likeness (QED) is 0.801. The van der Waals surface area contributed by atoms with E-state index < -0.39 is 0 Å². The first kappa shape index (κ1) is 14.3. The number of piperidine rings is 1. The van der Waals surface area contributed by atoms with E-state index >= 15 is 0 Å². The van der Waals surface area contributed by atoms with Crippen molar-refractivity contribution in [2.45, 2.75) is 44.6 Å². The van der Waals surface area contributed by atoms with Crippen molar-refractivity contribution in [1.29, 1.82) is 0 Å². The smallest absolute Gasteiger partial charge is 0.136 e. The fourth-order valence-electron chi connectivity index (χ4n) is 5.61. The maximum Gasteiger partial charge on any atom is 0.136 e. The third-order valence-electron chi connectivity index (χ3n) is 6.94. The molecule has 3 aliphatic rings. The Kier molecular flexibility index (Phi) is 2.96. The van der Waals surface area contributed by atoms with Gasteiger partial charge in [-0.15, -0.1) is 0 Å². The summed E-state index contributed by atoms with van der Waals surface area (Å²) in [6.07, 6.45) is 2.73. The number of benzene rings is 1. The number of carbonyl (C=O) groups is 1. The second-order valence-corrected chi connectivity index (χ2v) is 7.82. The Morgan fingerprint density at radius 3 is 2.86 bits per heavy atom. The lowest BCUT2D eigenvalue weighted by atomic mass is 9.48. The first-order valence-electron chi connectivity index (χ1n) is 8.49. The molecule has 1 aliphatic heterocycles. The highest BCUT2D eigenvalue weighted by Gasteiger charge is 2.58. The summed E-state index contributed by atoms with van der Waals surface area (Å²) in [4.78, 5) is 15.2. The number of likely N-dealkylation sites (tertiary alicyclic amines) is 1. The van der Waals surface area contributed by atoms with Gasteiger partial charge in [-0.2, -0.15) is 0 Å². The predicted molar refractivity (Wildman–Crippen MR) is 86.0 cm³/mol. The Hall–Kier alpha value is -1.35. The number of nitrogens with zero attached hydrogens (tertiary/aromatic N) is 1. The number of likely N-dealkylation sites (N-methyl/N-ethyl adjacent to an activating group) is 1. The van der Waals surface area contributed by atoms with Gasteiger partial charge >= 0.3 is 0 Å². The van der Waals surface area contributed by atoms with E-state index in [1.165, 1.54) is 11.1 Å². The topological polar surface area (TPSA) is 40.5 Å². The number of phenols is 1. The Bertz CT molecular complexity index is 640. The summed E-state index contributed by atoms with van der Waals surface area (Å²) in [5, 5.41) is 10.0. The number of fused-ring (bicyclic) bond motifs is 1. The minimum atomic E-state index is -0.0491. The second kappa shape index (κ2) is 4.58. The van der Waals surface area contributed by atoms with Gasteiger partial charge in [0.15, 0.2) is 0 Å². The third-order valence-corrected chi connectivity index (χ3v) is 6.94. The van der Waals surface area contributed by atoms with Crippen LogP contribution in [0, 0.1) is 17.8 Å². The minimum absolute atomic E-state index is 0.0491. The van der Waals surface area contributed by atoms with E-state index in [4.69, 9.17) is 0 Å². The molecule has 1 saturated carbocycles. The Morgan fingerprint density at radius 1 is 1.32 bits per heavy atom. The van der Waals surface area contributed by atoms with E-state index in [9.17, 15) is 9.90 Å². The van der Waals surface area contributed by atoms with Crippen LogP contribution in [0.3, 0.4) is 0 Å². The van der Waals surface area contributed by atoms with Gasteiger partial charge in [0.25, 0.3) is 0 Å². The van der Waals surface area contributed by atoms with E-state index in [2.05, 4.69) is 31.9 Å². The van der Waals surface area contributed by atoms with Gasteiger partial charge in [0.1, 0.15) is 11.5 Å². The molecule has 1 aromatic carbocycles. The molecular weight excluding hydrogens is 274 g/mol. The molecule has 0 aromatic heterocycles. The lowest BCUT2D eigenvalue weighted by molar-refractivity contribution is -0.137. The van der Waals surface area contributed by atoms with Crippen LogP contribution < -0.4 is 0 Å². The monoisotopic (exact) mass is 299 g/mol. The van der Waals surface area contributed by atoms with Gasteiger partial charge < -0.3 is 10.0 Å². The Balaban J connectivity index is 1.94. The van der Waals surface area contributed by atoms with Crippen molar-refractivity contribution in [1.82, 2.24) is 4.90 Å². The maximum absolute atomic E-state index is 12.7. The molecule has 118 valence electrons. The van der Waals surface area contributed by atoms with Gasteiger partial charge in [-0.1, -0.05) is 19.9 Å². The predicted octanol–water partition coefficient (Wildman–Crippen LogP) is 2.75. The van der Waals surface area contributed by atoms with Crippen LogP contribution in [0.5, 0.6) is 5.75 Å². The molecule has 3 nitrogen and oxygen atoms in total. The van der Waals surface area contributed by atoms with Gasteiger partial charge in [-0.05, 0) is 61.5 Å². The zero-order valence-electron chi connectivity index (χ0n) is 13.7. The van der Waals surface area contributed by atoms with Crippen molar-refractivity contribution in [3.05, 3.63) is 29.3 Å². The highest BCUT2D eigenvalue weighted by Crippen LogP contribution is 2.57. The van der Waals surface area contributed by atoms with Gasteiger partial charge in [0, 0.05) is 23.8 Å². The number of phenolic OH excluding ortho intramolecular Hbond substituents is 1. The second-order valence-electron chi connectivity index (χ2n) is 7.82. The van der Waals surface area contributed by atoms with Crippen LogP contribution in [-0.4, -0.2) is 35.4 Å². The molecule has 0 radical (unpaired) electrons. The molecule has 1 N–H and O–H groups in total. The van der Waals surface area contributed by atoms with Gasteiger partial charge in [0.2, 0.25) is 0 Å². The van der Waals surface area contributed by atoms with Crippen LogP contribution in [-0.2, 0) is 16.6 Å². The van der Waals surface area contributed by atoms with E-state index in [0.29, 0.717) is 35.8 Å². The SMILES string of the molecule is C[C@H]1[C@H]2[C@H]3Cc4ccc(O)cc4[C@@]2(CCN3C)CC(=O)[C@@H]1C. The first-order valence-corrected chi connectivity index (χ1v) is 8.49. The van der Waals surface area contributed by atoms with Crippen LogP contribution in [0.15, 0.2) is 18.2 Å². The van der Waals surface area contributed by atoms with Crippen molar-refractivity contribution in [2.24, 2.45) is 17.8 Å². The normalized spacial score (nSPS) is 41.0. The molecule has 2 fully saturated rings. The number of hydrogen-bond donors (Lipinski definition) is 1. The Labute approximate surface area is 132 Å². The van der Waals surface area contributed by atoms with Crippen molar-refractivity contribution in [2.75, 3.05) is 13.6 Å². The zero-order chi connectivity index (χ0) is 15.6. The molecule has 2 bridgehead atoms. The molecular formula is C19H25NO2. The van der Waals surface area contributed by atoms with E-state index in [1.54, 1.807) is 6.07 Å². The number of Topliss-reactive ketones (excluding diaryl/α,β-unsaturated/α-hetero) is 1. The largest absolute Gasteiger partial charge is 0.508 e. The van der Waals surface area contributed by atoms with Crippen LogP contribution in [0.1, 0.15) is 37.8 Å². The molecule has 0 spiro atoms. The van der Waals surface area contributed by atoms with Crippen molar-refractivity contribution >= 4 is 5.78 Å². The number of ketones is 1. The molecule has 22 heavy (non-hydrogen) atoms. The summed E-state index contributed by atoms with van der Waals surface area (Å²) in [6.45, 7) is 5.42. The molecule has 3 heteroatoms. The molecule has 5 atom stereocenters. The molecule has 1 heterocycles. The average Bonchev–Trinajstić information content (AvgIpc) is 2.49. The minimum Gasteiger partial charge on any atom is -0.508 e. The van der Waals surface area contributed by atoms with E-state index in [0.717, 1.165) is 19.4 Å². The number of hydrogen-bond acceptors (Lipinski definition) is 3. The molecule has 1 aromatic rings. The summed E-state index contributed by atoms with van der Waals surface area (Å²) in [6, 6.07) is 6.33. The van der Waals surface area contributed by atoms with Crippen molar-refractivity contribution in [3.63, 3.8) is 0 Å². The summed E-state index contributed by atoms with van der Waals surface area (Å²) in [5.74, 6) is 1.83. The highest BCUT2D eigenvalue weighted by atomic mass is 16.3. The fraction of sp³-hybridized carbons (Fsp3) is 0.632. The maximum atomic E-state index is 12.7. The van der Waals surface area contributed by atoms with Crippen molar-refractivity contribution in [3.8, 4) is 5.75 Å². The van der Waals surface area contributed by atoms with Crippen LogP contribution in [0.4, 0.5) is 0 Å². The summed E-state index contributed by atoms with van der Waals surface area (Å²) >= 11 is 0. The summed E-state index contributed by atoms with van der Waals surface area (Å²) in [7, 11) is 2.23. The fourth-order valence-corrected chi connectivity index (χ4v) is 5.61. The van der Waals surface area contributed by atoms with Gasteiger partial charge in [-0.3, -0.25) is 4.79 Å². The number of rotatable bonds is 0. The standard InChI is InChI=1S/C19H25NO2/c1-11-12(2)18-16-8-13-4-5-14(21)9-15(13)19(18,10-17(11)22)6-7-20(16)3/h4-5,9,11-12,16,18,21H,6-8,10H2,1-3H3/t11-,12-,16-,18+,19-/m1/s1. The molecule has 2 aliphatic carbocycles. The van der Waals surface area contributed by atoms with E-state index in [1.807, 2.05) is 6.07 Å². The molecule has 4 rings (SSSR count). The number of aromatic hydroxyl groups is 1. The lowest BCUT2D eigenvalue weighted by Gasteiger charge is -2.61. The lowest BCUT2D eigenvalue weighted by Crippen LogP contribution is -2.64. The zero-order valence-corrected chi connectivity index (χ0v) is 13.7. The van der Waals surface area contributed by atoms with Crippen LogP contribution in [0.2, 0.25) is 0 Å². The summed E-state index contributed by atoms with van der Waals surface area (Å²) in [5.41, 5.74) is 2.54. The molecule has 0 unspecified atom stereocenters. The highest BCUT2D eigenvalue weighted by molar-refractivity contribution is 5.84. The summed E-state index contributed by atoms with van der Waals surface area (Å²) < 4.78 is 0. The van der Waals surface area contributed by atoms with E-state index in [-0.39, 0.29) is 11.3 Å². The van der Waals surface area contributed by atoms with Gasteiger partial charge in [0.05, 0.1) is 0 Å². The molecule has 0 amide bonds. The average molecular weight is 299 g/mol.